The molecule has 13 heavy (non-hydrogen) atoms. The van der Waals surface area contributed by atoms with E-state index in [-0.39, 0.29) is 12.1 Å². The van der Waals surface area contributed by atoms with Gasteiger partial charge in [0.2, 0.25) is 5.91 Å². The van der Waals surface area contributed by atoms with Gasteiger partial charge in [-0.15, -0.1) is 0 Å². The summed E-state index contributed by atoms with van der Waals surface area (Å²) in [6, 6.07) is 0. The molecule has 0 bridgehead atoms. The quantitative estimate of drug-likeness (QED) is 0.416. The van der Waals surface area contributed by atoms with Gasteiger partial charge < -0.3 is 9.64 Å². The largest absolute Gasteiger partial charge is 0.358 e. The van der Waals surface area contributed by atoms with Gasteiger partial charge in [-0.25, -0.2) is 0 Å². The Morgan fingerprint density at radius 1 is 1.38 bits per heavy atom. The van der Waals surface area contributed by atoms with Crippen molar-refractivity contribution in [3.63, 3.8) is 0 Å². The van der Waals surface area contributed by atoms with E-state index in [2.05, 4.69) is 12.2 Å². The van der Waals surface area contributed by atoms with Crippen LogP contribution in [-0.4, -0.2) is 30.2 Å². The van der Waals surface area contributed by atoms with Crippen LogP contribution in [0.25, 0.3) is 0 Å². The Hall–Kier alpha value is -0.830. The number of amides is 1. The van der Waals surface area contributed by atoms with E-state index in [1.165, 1.54) is 6.42 Å². The number of ether oxygens (including phenoxy) is 1. The highest BCUT2D eigenvalue weighted by Crippen LogP contribution is 2.21. The third kappa shape index (κ3) is 1.91. The average molecular weight is 181 g/mol. The van der Waals surface area contributed by atoms with E-state index in [1.807, 2.05) is 0 Å². The van der Waals surface area contributed by atoms with Crippen LogP contribution in [0.3, 0.4) is 0 Å². The van der Waals surface area contributed by atoms with Crippen molar-refractivity contribution in [1.82, 2.24) is 4.90 Å². The molecule has 0 aromatic carbocycles. The first-order valence-corrected chi connectivity index (χ1v) is 4.94. The summed E-state index contributed by atoms with van der Waals surface area (Å²) in [6.45, 7) is 1.52. The van der Waals surface area contributed by atoms with Crippen LogP contribution < -0.4 is 0 Å². The van der Waals surface area contributed by atoms with Gasteiger partial charge in [0.1, 0.15) is 6.23 Å². The van der Waals surface area contributed by atoms with Gasteiger partial charge in [-0.05, 0) is 19.3 Å². The number of nitrogens with zero attached hydrogens (tertiary/aromatic N) is 1. The third-order valence-electron chi connectivity index (χ3n) is 2.56. The van der Waals surface area contributed by atoms with Crippen molar-refractivity contribution in [2.45, 2.75) is 31.9 Å². The Bertz CT molecular complexity index is 225. The second-order valence-electron chi connectivity index (χ2n) is 3.54. The van der Waals surface area contributed by atoms with E-state index >= 15 is 0 Å². The van der Waals surface area contributed by atoms with E-state index in [1.54, 1.807) is 4.90 Å². The fraction of sp³-hybridized carbons (Fsp3) is 0.700. The molecule has 2 aliphatic rings. The molecular weight excluding hydrogens is 166 g/mol. The summed E-state index contributed by atoms with van der Waals surface area (Å²) >= 11 is 0. The van der Waals surface area contributed by atoms with E-state index in [0.717, 1.165) is 26.0 Å². The highest BCUT2D eigenvalue weighted by atomic mass is 16.5. The minimum Gasteiger partial charge on any atom is -0.358 e. The lowest BCUT2D eigenvalue weighted by molar-refractivity contribution is -0.172. The number of rotatable bonds is 0. The number of carbonyl (C=O) groups is 1. The Morgan fingerprint density at radius 2 is 2.31 bits per heavy atom. The number of carbonyl (C=O) groups excluding carboxylic acids is 1. The van der Waals surface area contributed by atoms with E-state index in [9.17, 15) is 4.79 Å². The molecule has 0 aromatic heterocycles. The number of fused-ring (bicyclic) bond motifs is 1. The second kappa shape index (κ2) is 3.92. The zero-order valence-electron chi connectivity index (χ0n) is 7.74. The molecule has 0 aromatic rings. The molecule has 2 rings (SSSR count). The van der Waals surface area contributed by atoms with Crippen molar-refractivity contribution in [2.75, 3.05) is 13.2 Å². The number of allylic oxidation sites excluding steroid dienone is 1. The molecule has 1 fully saturated rings. The van der Waals surface area contributed by atoms with Gasteiger partial charge in [-0.1, -0.05) is 12.2 Å². The molecule has 0 spiro atoms. The van der Waals surface area contributed by atoms with Crippen molar-refractivity contribution in [1.29, 1.82) is 0 Å². The van der Waals surface area contributed by atoms with Crippen LogP contribution >= 0.6 is 0 Å². The maximum absolute atomic E-state index is 11.1. The Balaban J connectivity index is 1.93. The highest BCUT2D eigenvalue weighted by Gasteiger charge is 2.35. The van der Waals surface area contributed by atoms with Crippen LogP contribution in [0.2, 0.25) is 0 Å². The SMILES string of the molecule is O=C1CC2OCCCC/C=C/CN12. The summed E-state index contributed by atoms with van der Waals surface area (Å²) in [4.78, 5) is 12.9. The van der Waals surface area contributed by atoms with Crippen LogP contribution in [0.1, 0.15) is 25.7 Å². The number of hydrogen-bond acceptors (Lipinski definition) is 2. The number of hydrogen-bond donors (Lipinski definition) is 0. The van der Waals surface area contributed by atoms with Crippen molar-refractivity contribution < 1.29 is 9.53 Å². The summed E-state index contributed by atoms with van der Waals surface area (Å²) in [5.41, 5.74) is 0. The highest BCUT2D eigenvalue weighted by molar-refractivity contribution is 5.82. The Labute approximate surface area is 78.4 Å². The fourth-order valence-corrected chi connectivity index (χ4v) is 1.68. The fourth-order valence-electron chi connectivity index (χ4n) is 1.68. The van der Waals surface area contributed by atoms with Crippen LogP contribution in [0.15, 0.2) is 12.2 Å². The van der Waals surface area contributed by atoms with Gasteiger partial charge in [0, 0.05) is 13.2 Å². The van der Waals surface area contributed by atoms with Crippen LogP contribution in [0, 0.1) is 0 Å². The molecule has 0 radical (unpaired) electrons. The normalized spacial score (nSPS) is 31.8. The predicted octanol–water partition coefficient (Wildman–Crippen LogP) is 1.30. The molecule has 2 heterocycles. The number of β-lactam (4-membered cyclic amide) rings is 1. The van der Waals surface area contributed by atoms with Crippen molar-refractivity contribution >= 4 is 5.91 Å². The molecule has 1 saturated heterocycles. The monoisotopic (exact) mass is 181 g/mol. The van der Waals surface area contributed by atoms with Crippen LogP contribution in [0.5, 0.6) is 0 Å². The molecule has 3 heteroatoms. The first-order chi connectivity index (χ1) is 6.38. The first-order valence-electron chi connectivity index (χ1n) is 4.94. The van der Waals surface area contributed by atoms with E-state index in [0.29, 0.717) is 6.42 Å². The summed E-state index contributed by atoms with van der Waals surface area (Å²) in [6.07, 6.45) is 8.27. The Morgan fingerprint density at radius 3 is 3.15 bits per heavy atom. The molecule has 1 atom stereocenters. The lowest BCUT2D eigenvalue weighted by Crippen LogP contribution is -2.54. The van der Waals surface area contributed by atoms with Gasteiger partial charge in [0.25, 0.3) is 0 Å². The average Bonchev–Trinajstić information content (AvgIpc) is 2.13. The van der Waals surface area contributed by atoms with E-state index < -0.39 is 0 Å². The summed E-state index contributed by atoms with van der Waals surface area (Å²) in [5.74, 6) is 0.218. The Kier molecular flexibility index (Phi) is 2.64. The second-order valence-corrected chi connectivity index (χ2v) is 3.54. The van der Waals surface area contributed by atoms with Gasteiger partial charge in [-0.2, -0.15) is 0 Å². The topological polar surface area (TPSA) is 29.5 Å². The molecule has 1 amide bonds. The van der Waals surface area contributed by atoms with Gasteiger partial charge in [-0.3, -0.25) is 4.79 Å². The third-order valence-corrected chi connectivity index (χ3v) is 2.56. The molecule has 72 valence electrons. The maximum atomic E-state index is 11.1. The molecular formula is C10H15NO2. The lowest BCUT2D eigenvalue weighted by Gasteiger charge is -2.39. The summed E-state index contributed by atoms with van der Waals surface area (Å²) < 4.78 is 5.56. The molecule has 2 aliphatic heterocycles. The maximum Gasteiger partial charge on any atom is 0.229 e. The predicted molar refractivity (Wildman–Crippen MR) is 49.1 cm³/mol. The standard InChI is InChI=1S/C10H15NO2/c12-9-8-10-11(9)6-4-2-1-3-5-7-13-10/h2,4,10H,1,3,5-8H2/b4-2+. The van der Waals surface area contributed by atoms with Crippen LogP contribution in [-0.2, 0) is 9.53 Å². The van der Waals surface area contributed by atoms with Gasteiger partial charge in [0.05, 0.1) is 6.42 Å². The molecule has 0 aliphatic carbocycles. The first kappa shape index (κ1) is 8.75. The zero-order valence-corrected chi connectivity index (χ0v) is 7.74. The van der Waals surface area contributed by atoms with Gasteiger partial charge >= 0.3 is 0 Å². The van der Waals surface area contributed by atoms with Crippen molar-refractivity contribution in [3.05, 3.63) is 12.2 Å². The minimum absolute atomic E-state index is 0.0650. The molecule has 1 unspecified atom stereocenters. The molecule has 0 saturated carbocycles. The smallest absolute Gasteiger partial charge is 0.229 e. The molecule has 3 nitrogen and oxygen atoms in total. The minimum atomic E-state index is 0.0650. The summed E-state index contributed by atoms with van der Waals surface area (Å²) in [5, 5.41) is 0. The van der Waals surface area contributed by atoms with Gasteiger partial charge in [0.15, 0.2) is 0 Å². The van der Waals surface area contributed by atoms with Crippen molar-refractivity contribution in [2.24, 2.45) is 0 Å². The van der Waals surface area contributed by atoms with E-state index in [4.69, 9.17) is 4.74 Å². The van der Waals surface area contributed by atoms with Crippen LogP contribution in [0.4, 0.5) is 0 Å². The zero-order chi connectivity index (χ0) is 9.10. The lowest BCUT2D eigenvalue weighted by atomic mass is 10.1. The molecule has 0 N–H and O–H groups in total. The van der Waals surface area contributed by atoms with Crippen molar-refractivity contribution in [3.8, 4) is 0 Å². The summed E-state index contributed by atoms with van der Waals surface area (Å²) in [7, 11) is 0.